The molecular formula is C19H18BNO6. The molecule has 2 radical (unpaired) electrons. The second kappa shape index (κ2) is 10.2. The number of aliphatic hydroxyl groups is 1. The van der Waals surface area contributed by atoms with E-state index in [9.17, 15) is 14.7 Å². The Morgan fingerprint density at radius 2 is 1.52 bits per heavy atom. The molecule has 2 N–H and O–H groups in total. The highest BCUT2D eigenvalue weighted by atomic mass is 16.6. The number of hydrogen-bond acceptors (Lipinski definition) is 7. The monoisotopic (exact) mass is 367 g/mol. The van der Waals surface area contributed by atoms with Crippen molar-refractivity contribution in [3.63, 3.8) is 0 Å². The van der Waals surface area contributed by atoms with Gasteiger partial charge < -0.3 is 24.6 Å². The number of hydrogen-bond donors (Lipinski definition) is 2. The molecule has 0 aromatic heterocycles. The van der Waals surface area contributed by atoms with Crippen LogP contribution in [0.25, 0.3) is 0 Å². The van der Waals surface area contributed by atoms with Crippen LogP contribution in [0.1, 0.15) is 20.7 Å². The fourth-order valence-corrected chi connectivity index (χ4v) is 2.26. The lowest BCUT2D eigenvalue weighted by Gasteiger charge is -2.27. The fraction of sp³-hybridized carbons (Fsp3) is 0.211. The highest BCUT2D eigenvalue weighted by Crippen LogP contribution is 2.13. The summed E-state index contributed by atoms with van der Waals surface area (Å²) in [5.74, 6) is -1.39. The van der Waals surface area contributed by atoms with Crippen molar-refractivity contribution in [2.24, 2.45) is 0 Å². The van der Waals surface area contributed by atoms with Crippen LogP contribution >= 0.6 is 0 Å². The predicted octanol–water partition coefficient (Wildman–Crippen LogP) is 1.55. The van der Waals surface area contributed by atoms with Gasteiger partial charge in [-0.15, -0.1) is 0 Å². The SMILES string of the molecule is [B]O[C@@H](C=N)[C@H](OC(=O)c1ccccc1)[C@@H](O)COC(=O)c1ccccc1. The smallest absolute Gasteiger partial charge is 0.338 e. The van der Waals surface area contributed by atoms with Gasteiger partial charge in [0.1, 0.15) is 18.8 Å². The van der Waals surface area contributed by atoms with Crippen molar-refractivity contribution in [3.8, 4) is 0 Å². The minimum atomic E-state index is -1.46. The summed E-state index contributed by atoms with van der Waals surface area (Å²) in [6.07, 6.45) is -3.24. The molecule has 0 aliphatic carbocycles. The van der Waals surface area contributed by atoms with Crippen LogP contribution in [-0.4, -0.2) is 56.2 Å². The molecule has 0 unspecified atom stereocenters. The van der Waals surface area contributed by atoms with Gasteiger partial charge in [0.05, 0.1) is 11.1 Å². The summed E-state index contributed by atoms with van der Waals surface area (Å²) >= 11 is 0. The van der Waals surface area contributed by atoms with Crippen molar-refractivity contribution in [2.75, 3.05) is 6.61 Å². The zero-order valence-corrected chi connectivity index (χ0v) is 14.4. The van der Waals surface area contributed by atoms with E-state index < -0.39 is 36.9 Å². The van der Waals surface area contributed by atoms with Gasteiger partial charge in [-0.3, -0.25) is 0 Å². The molecule has 2 rings (SSSR count). The number of carbonyl (C=O) groups is 2. The molecule has 0 bridgehead atoms. The number of nitrogens with one attached hydrogen (secondary N) is 1. The van der Waals surface area contributed by atoms with Crippen molar-refractivity contribution >= 4 is 26.2 Å². The van der Waals surface area contributed by atoms with Gasteiger partial charge in [-0.05, 0) is 24.3 Å². The maximum atomic E-state index is 12.2. The van der Waals surface area contributed by atoms with Gasteiger partial charge in [0.15, 0.2) is 6.10 Å². The molecule has 0 saturated heterocycles. The van der Waals surface area contributed by atoms with E-state index >= 15 is 0 Å². The van der Waals surface area contributed by atoms with Gasteiger partial charge in [-0.2, -0.15) is 0 Å². The number of esters is 2. The van der Waals surface area contributed by atoms with Crippen LogP contribution in [0.4, 0.5) is 0 Å². The molecule has 0 heterocycles. The number of carbonyl (C=O) groups excluding carboxylic acids is 2. The average Bonchev–Trinajstić information content (AvgIpc) is 2.73. The summed E-state index contributed by atoms with van der Waals surface area (Å²) in [4.78, 5) is 24.2. The van der Waals surface area contributed by atoms with Gasteiger partial charge in [0.25, 0.3) is 8.05 Å². The molecule has 2 aromatic carbocycles. The molecule has 3 atom stereocenters. The van der Waals surface area contributed by atoms with E-state index in [1.54, 1.807) is 48.5 Å². The molecular weight excluding hydrogens is 349 g/mol. The van der Waals surface area contributed by atoms with Crippen LogP contribution in [-0.2, 0) is 14.1 Å². The van der Waals surface area contributed by atoms with E-state index in [4.69, 9.17) is 22.9 Å². The Balaban J connectivity index is 2.05. The van der Waals surface area contributed by atoms with Gasteiger partial charge >= 0.3 is 11.9 Å². The zero-order valence-electron chi connectivity index (χ0n) is 14.4. The van der Waals surface area contributed by atoms with E-state index in [1.165, 1.54) is 12.1 Å². The van der Waals surface area contributed by atoms with Gasteiger partial charge in [-0.1, -0.05) is 36.4 Å². The Hall–Kier alpha value is -2.97. The summed E-state index contributed by atoms with van der Waals surface area (Å²) in [6.45, 7) is -0.478. The number of aliphatic hydroxyl groups excluding tert-OH is 1. The lowest BCUT2D eigenvalue weighted by Crippen LogP contribution is -2.45. The summed E-state index contributed by atoms with van der Waals surface area (Å²) in [5.41, 5.74) is 0.554. The molecule has 138 valence electrons. The third kappa shape index (κ3) is 5.77. The first-order valence-electron chi connectivity index (χ1n) is 8.09. The third-order valence-electron chi connectivity index (χ3n) is 3.67. The van der Waals surface area contributed by atoms with Crippen LogP contribution in [0.3, 0.4) is 0 Å². The van der Waals surface area contributed by atoms with E-state index in [0.717, 1.165) is 6.21 Å². The number of rotatable bonds is 9. The Bertz CT molecular complexity index is 755. The third-order valence-corrected chi connectivity index (χ3v) is 3.67. The normalized spacial score (nSPS) is 13.8. The zero-order chi connectivity index (χ0) is 19.6. The highest BCUT2D eigenvalue weighted by Gasteiger charge is 2.32. The largest absolute Gasteiger partial charge is 0.459 e. The molecule has 0 aliphatic heterocycles. The minimum absolute atomic E-state index is 0.247. The predicted molar refractivity (Wildman–Crippen MR) is 97.8 cm³/mol. The molecule has 2 aromatic rings. The summed E-state index contributed by atoms with van der Waals surface area (Å²) in [5, 5.41) is 17.7. The highest BCUT2D eigenvalue weighted by molar-refractivity contribution is 5.99. The Morgan fingerprint density at radius 1 is 1.00 bits per heavy atom. The second-order valence-electron chi connectivity index (χ2n) is 5.54. The van der Waals surface area contributed by atoms with Crippen LogP contribution in [0.15, 0.2) is 60.7 Å². The fourth-order valence-electron chi connectivity index (χ4n) is 2.26. The van der Waals surface area contributed by atoms with E-state index in [1.807, 2.05) is 0 Å². The van der Waals surface area contributed by atoms with Crippen LogP contribution in [0.2, 0.25) is 0 Å². The van der Waals surface area contributed by atoms with Crippen molar-refractivity contribution in [3.05, 3.63) is 71.8 Å². The molecule has 0 amide bonds. The molecule has 0 spiro atoms. The van der Waals surface area contributed by atoms with Crippen LogP contribution in [0.5, 0.6) is 0 Å². The van der Waals surface area contributed by atoms with Crippen molar-refractivity contribution in [1.82, 2.24) is 0 Å². The van der Waals surface area contributed by atoms with E-state index in [2.05, 4.69) is 4.65 Å². The van der Waals surface area contributed by atoms with Crippen LogP contribution in [0, 0.1) is 5.41 Å². The topological polar surface area (TPSA) is 106 Å². The number of ether oxygens (including phenoxy) is 2. The van der Waals surface area contributed by atoms with E-state index in [0.29, 0.717) is 5.56 Å². The maximum Gasteiger partial charge on any atom is 0.338 e. The Morgan fingerprint density at radius 3 is 2.00 bits per heavy atom. The summed E-state index contributed by atoms with van der Waals surface area (Å²) in [7, 11) is 5.12. The van der Waals surface area contributed by atoms with Gasteiger partial charge in [0.2, 0.25) is 0 Å². The summed E-state index contributed by atoms with van der Waals surface area (Å²) < 4.78 is 14.9. The molecule has 27 heavy (non-hydrogen) atoms. The maximum absolute atomic E-state index is 12.2. The van der Waals surface area contributed by atoms with Crippen molar-refractivity contribution < 1.29 is 28.8 Å². The van der Waals surface area contributed by atoms with Gasteiger partial charge in [0, 0.05) is 6.21 Å². The van der Waals surface area contributed by atoms with Crippen molar-refractivity contribution in [1.29, 1.82) is 5.41 Å². The molecule has 0 fully saturated rings. The van der Waals surface area contributed by atoms with Crippen LogP contribution < -0.4 is 0 Å². The average molecular weight is 367 g/mol. The number of benzene rings is 2. The lowest BCUT2D eigenvalue weighted by molar-refractivity contribution is -0.0671. The van der Waals surface area contributed by atoms with E-state index in [-0.39, 0.29) is 5.56 Å². The second-order valence-corrected chi connectivity index (χ2v) is 5.54. The van der Waals surface area contributed by atoms with Crippen molar-refractivity contribution in [2.45, 2.75) is 18.3 Å². The minimum Gasteiger partial charge on any atom is -0.459 e. The molecule has 0 saturated carbocycles. The molecule has 8 heteroatoms. The Labute approximate surface area is 157 Å². The summed E-state index contributed by atoms with van der Waals surface area (Å²) in [6, 6.07) is 16.3. The molecule has 7 nitrogen and oxygen atoms in total. The Kier molecular flexibility index (Phi) is 7.72. The molecule has 0 aliphatic rings. The first-order chi connectivity index (χ1) is 13.1. The van der Waals surface area contributed by atoms with Gasteiger partial charge in [-0.25, -0.2) is 9.59 Å². The quantitative estimate of drug-likeness (QED) is 0.396. The first kappa shape index (κ1) is 20.3. The first-order valence-corrected chi connectivity index (χ1v) is 8.09. The standard InChI is InChI=1S/C19H18BNO6/c20-27-16(11-21)17(26-19(24)14-9-5-2-6-10-14)15(22)12-25-18(23)13-7-3-1-4-8-13/h1-11,15-17,21-22H,12H2/t15-,16-,17+/m0/s1. The lowest BCUT2D eigenvalue weighted by atomic mass is 10.1.